The van der Waals surface area contributed by atoms with Gasteiger partial charge in [-0.25, -0.2) is 4.39 Å². The van der Waals surface area contributed by atoms with Crippen molar-refractivity contribution in [3.8, 4) is 5.75 Å². The zero-order valence-corrected chi connectivity index (χ0v) is 12.1. The first-order valence-corrected chi connectivity index (χ1v) is 6.84. The van der Waals surface area contributed by atoms with Crippen LogP contribution in [-0.4, -0.2) is 18.3 Å². The Labute approximate surface area is 127 Å². The lowest BCUT2D eigenvalue weighted by Gasteiger charge is -2.08. The van der Waals surface area contributed by atoms with Gasteiger partial charge in [0.2, 0.25) is 5.91 Å². The van der Waals surface area contributed by atoms with Gasteiger partial charge in [0.1, 0.15) is 11.6 Å². The van der Waals surface area contributed by atoms with Crippen LogP contribution in [0.4, 0.5) is 10.1 Å². The number of hydrogen-bond donors (Lipinski definition) is 1. The number of carbonyl (C=O) groups excluding carboxylic acids is 2. The predicted molar refractivity (Wildman–Crippen MR) is 81.6 cm³/mol. The number of benzene rings is 2. The minimum Gasteiger partial charge on any atom is -0.493 e. The minimum atomic E-state index is -0.338. The fraction of sp³-hybridized carbons (Fsp3) is 0.176. The molecular formula is C17H16FNO3. The highest BCUT2D eigenvalue weighted by molar-refractivity contribution is 5.97. The minimum absolute atomic E-state index is 0.0595. The average molecular weight is 301 g/mol. The Morgan fingerprint density at radius 2 is 1.86 bits per heavy atom. The van der Waals surface area contributed by atoms with Gasteiger partial charge in [-0.05, 0) is 43.3 Å². The van der Waals surface area contributed by atoms with E-state index in [1.807, 2.05) is 0 Å². The highest BCUT2D eigenvalue weighted by Gasteiger charge is 2.05. The van der Waals surface area contributed by atoms with E-state index in [9.17, 15) is 14.0 Å². The van der Waals surface area contributed by atoms with Crippen LogP contribution >= 0.6 is 0 Å². The molecule has 0 atom stereocenters. The number of rotatable bonds is 6. The molecule has 0 aliphatic heterocycles. The van der Waals surface area contributed by atoms with Crippen molar-refractivity contribution in [2.75, 3.05) is 11.9 Å². The summed E-state index contributed by atoms with van der Waals surface area (Å²) in [6.45, 7) is 1.65. The van der Waals surface area contributed by atoms with Gasteiger partial charge in [0.25, 0.3) is 0 Å². The molecule has 0 heterocycles. The maximum absolute atomic E-state index is 12.7. The van der Waals surface area contributed by atoms with Gasteiger partial charge in [0.15, 0.2) is 5.78 Å². The fourth-order valence-corrected chi connectivity index (χ4v) is 1.83. The number of halogens is 1. The molecule has 0 fully saturated rings. The standard InChI is InChI=1S/C17H16FNO3/c1-12(20)13-3-2-4-15(11-13)19-17(21)9-10-22-16-7-5-14(18)6-8-16/h2-8,11H,9-10H2,1H3,(H,19,21). The molecule has 0 spiro atoms. The van der Waals surface area contributed by atoms with Crippen LogP contribution in [-0.2, 0) is 4.79 Å². The van der Waals surface area contributed by atoms with E-state index in [0.29, 0.717) is 17.0 Å². The van der Waals surface area contributed by atoms with Gasteiger partial charge in [-0.3, -0.25) is 9.59 Å². The van der Waals surface area contributed by atoms with Crippen molar-refractivity contribution in [2.45, 2.75) is 13.3 Å². The van der Waals surface area contributed by atoms with Gasteiger partial charge >= 0.3 is 0 Å². The molecule has 22 heavy (non-hydrogen) atoms. The second kappa shape index (κ2) is 7.36. The summed E-state index contributed by atoms with van der Waals surface area (Å²) in [5.74, 6) is -0.109. The second-order valence-corrected chi connectivity index (χ2v) is 4.74. The Balaban J connectivity index is 1.81. The molecule has 2 aromatic carbocycles. The summed E-state index contributed by atoms with van der Waals surface area (Å²) in [5, 5.41) is 2.70. The third kappa shape index (κ3) is 4.70. The molecule has 1 N–H and O–H groups in total. The normalized spacial score (nSPS) is 10.1. The maximum atomic E-state index is 12.7. The summed E-state index contributed by atoms with van der Waals surface area (Å²) in [4.78, 5) is 23.1. The highest BCUT2D eigenvalue weighted by Crippen LogP contribution is 2.13. The van der Waals surface area contributed by atoms with Crippen LogP contribution in [0.2, 0.25) is 0 Å². The number of nitrogens with one attached hydrogen (secondary N) is 1. The molecular weight excluding hydrogens is 285 g/mol. The Hall–Kier alpha value is -2.69. The van der Waals surface area contributed by atoms with Crippen LogP contribution in [0.3, 0.4) is 0 Å². The highest BCUT2D eigenvalue weighted by atomic mass is 19.1. The van der Waals surface area contributed by atoms with Gasteiger partial charge in [-0.15, -0.1) is 0 Å². The quantitative estimate of drug-likeness (QED) is 0.832. The van der Waals surface area contributed by atoms with Crippen molar-refractivity contribution in [1.82, 2.24) is 0 Å². The van der Waals surface area contributed by atoms with Crippen molar-refractivity contribution < 1.29 is 18.7 Å². The largest absolute Gasteiger partial charge is 0.493 e. The van der Waals surface area contributed by atoms with Crippen LogP contribution in [0.5, 0.6) is 5.75 Å². The van der Waals surface area contributed by atoms with Gasteiger partial charge in [-0.1, -0.05) is 12.1 Å². The third-order valence-electron chi connectivity index (χ3n) is 2.96. The predicted octanol–water partition coefficient (Wildman–Crippen LogP) is 3.44. The molecule has 0 aliphatic rings. The Bertz CT molecular complexity index is 668. The Morgan fingerprint density at radius 3 is 2.55 bits per heavy atom. The Kier molecular flexibility index (Phi) is 5.25. The molecule has 2 aromatic rings. The molecule has 0 saturated carbocycles. The van der Waals surface area contributed by atoms with E-state index < -0.39 is 0 Å². The topological polar surface area (TPSA) is 55.4 Å². The van der Waals surface area contributed by atoms with Gasteiger partial charge in [0.05, 0.1) is 13.0 Å². The number of Topliss-reactive ketones (excluding diaryl/α,β-unsaturated/α-hetero) is 1. The zero-order chi connectivity index (χ0) is 15.9. The molecule has 0 bridgehead atoms. The zero-order valence-electron chi connectivity index (χ0n) is 12.1. The van der Waals surface area contributed by atoms with Crippen molar-refractivity contribution >= 4 is 17.4 Å². The lowest BCUT2D eigenvalue weighted by molar-refractivity contribution is -0.116. The maximum Gasteiger partial charge on any atom is 0.227 e. The molecule has 0 saturated heterocycles. The number of ketones is 1. The fourth-order valence-electron chi connectivity index (χ4n) is 1.83. The van der Waals surface area contributed by atoms with Gasteiger partial charge < -0.3 is 10.1 Å². The van der Waals surface area contributed by atoms with E-state index in [-0.39, 0.29) is 30.5 Å². The first-order valence-electron chi connectivity index (χ1n) is 6.84. The number of carbonyl (C=O) groups is 2. The molecule has 5 heteroatoms. The second-order valence-electron chi connectivity index (χ2n) is 4.74. The average Bonchev–Trinajstić information content (AvgIpc) is 2.49. The monoisotopic (exact) mass is 301 g/mol. The number of ether oxygens (including phenoxy) is 1. The van der Waals surface area contributed by atoms with Crippen LogP contribution in [0.1, 0.15) is 23.7 Å². The Morgan fingerprint density at radius 1 is 1.14 bits per heavy atom. The van der Waals surface area contributed by atoms with E-state index in [2.05, 4.69) is 5.32 Å². The van der Waals surface area contributed by atoms with Crippen molar-refractivity contribution in [3.05, 3.63) is 59.9 Å². The molecule has 114 valence electrons. The lowest BCUT2D eigenvalue weighted by atomic mass is 10.1. The summed E-state index contributed by atoms with van der Waals surface area (Å²) in [6.07, 6.45) is 0.154. The molecule has 1 amide bonds. The molecule has 4 nitrogen and oxygen atoms in total. The van der Waals surface area contributed by atoms with E-state index in [0.717, 1.165) is 0 Å². The smallest absolute Gasteiger partial charge is 0.227 e. The molecule has 0 aliphatic carbocycles. The first kappa shape index (κ1) is 15.7. The molecule has 0 radical (unpaired) electrons. The number of hydrogen-bond acceptors (Lipinski definition) is 3. The van der Waals surface area contributed by atoms with Crippen molar-refractivity contribution in [1.29, 1.82) is 0 Å². The molecule has 2 rings (SSSR count). The SMILES string of the molecule is CC(=O)c1cccc(NC(=O)CCOc2ccc(F)cc2)c1. The van der Waals surface area contributed by atoms with Crippen LogP contribution in [0.25, 0.3) is 0 Å². The van der Waals surface area contributed by atoms with Crippen LogP contribution < -0.4 is 10.1 Å². The number of anilines is 1. The van der Waals surface area contributed by atoms with Crippen LogP contribution in [0, 0.1) is 5.82 Å². The lowest BCUT2D eigenvalue weighted by Crippen LogP contribution is -2.15. The van der Waals surface area contributed by atoms with E-state index in [4.69, 9.17) is 4.74 Å². The summed E-state index contributed by atoms with van der Waals surface area (Å²) >= 11 is 0. The summed E-state index contributed by atoms with van der Waals surface area (Å²) < 4.78 is 18.1. The summed E-state index contributed by atoms with van der Waals surface area (Å²) in [7, 11) is 0. The van der Waals surface area contributed by atoms with Crippen molar-refractivity contribution in [2.24, 2.45) is 0 Å². The van der Waals surface area contributed by atoms with E-state index >= 15 is 0 Å². The molecule has 0 aromatic heterocycles. The number of amides is 1. The summed E-state index contributed by atoms with van der Waals surface area (Å²) in [5.41, 5.74) is 1.11. The van der Waals surface area contributed by atoms with E-state index in [1.54, 1.807) is 24.3 Å². The van der Waals surface area contributed by atoms with Gasteiger partial charge in [0, 0.05) is 11.3 Å². The van der Waals surface area contributed by atoms with E-state index in [1.165, 1.54) is 31.2 Å². The molecule has 0 unspecified atom stereocenters. The first-order chi connectivity index (χ1) is 10.5. The van der Waals surface area contributed by atoms with Gasteiger partial charge in [-0.2, -0.15) is 0 Å². The summed E-state index contributed by atoms with van der Waals surface area (Å²) in [6, 6.07) is 12.3. The third-order valence-corrected chi connectivity index (χ3v) is 2.96. The van der Waals surface area contributed by atoms with Crippen LogP contribution in [0.15, 0.2) is 48.5 Å². The van der Waals surface area contributed by atoms with Crippen molar-refractivity contribution in [3.63, 3.8) is 0 Å².